The Morgan fingerprint density at radius 1 is 1.12 bits per heavy atom. The number of nitrogens with one attached hydrogen (secondary N) is 1. The Bertz CT molecular complexity index is 217. The van der Waals surface area contributed by atoms with Crippen LogP contribution in [0.15, 0.2) is 0 Å². The van der Waals surface area contributed by atoms with Gasteiger partial charge in [-0.1, -0.05) is 0 Å². The number of hydrogen-bond donors (Lipinski definition) is 1. The van der Waals surface area contributed by atoms with Crippen LogP contribution in [0.4, 0.5) is 8.78 Å². The molecule has 17 heavy (non-hydrogen) atoms. The monoisotopic (exact) mass is 246 g/mol. The lowest BCUT2D eigenvalue weighted by Gasteiger charge is -2.28. The van der Waals surface area contributed by atoms with E-state index in [1.54, 1.807) is 0 Å². The number of hydrogen-bond acceptors (Lipinski definition) is 2. The summed E-state index contributed by atoms with van der Waals surface area (Å²) in [5, 5.41) is 3.42. The van der Waals surface area contributed by atoms with Gasteiger partial charge in [0.1, 0.15) is 0 Å². The molecule has 0 atom stereocenters. The summed E-state index contributed by atoms with van der Waals surface area (Å²) in [7, 11) is 0. The van der Waals surface area contributed by atoms with Crippen LogP contribution in [-0.4, -0.2) is 43.5 Å². The molecule has 0 aromatic heterocycles. The van der Waals surface area contributed by atoms with Gasteiger partial charge in [-0.2, -0.15) is 0 Å². The Balaban J connectivity index is 1.51. The van der Waals surface area contributed by atoms with E-state index in [1.165, 1.54) is 25.9 Å². The van der Waals surface area contributed by atoms with E-state index in [9.17, 15) is 8.78 Å². The first-order chi connectivity index (χ1) is 8.16. The summed E-state index contributed by atoms with van der Waals surface area (Å²) in [4.78, 5) is 2.47. The molecular weight excluding hydrogens is 222 g/mol. The molecular formula is C13H24F2N2. The quantitative estimate of drug-likeness (QED) is 0.750. The molecule has 2 fully saturated rings. The number of halogens is 2. The smallest absolute Gasteiger partial charge is 0.248 e. The van der Waals surface area contributed by atoms with Crippen LogP contribution in [0.1, 0.15) is 38.5 Å². The van der Waals surface area contributed by atoms with E-state index in [0.29, 0.717) is 18.8 Å². The Morgan fingerprint density at radius 2 is 1.76 bits per heavy atom. The van der Waals surface area contributed by atoms with Gasteiger partial charge in [0.05, 0.1) is 0 Å². The summed E-state index contributed by atoms with van der Waals surface area (Å²) in [6.45, 7) is 5.51. The van der Waals surface area contributed by atoms with Crippen molar-refractivity contribution in [1.29, 1.82) is 0 Å². The molecule has 2 rings (SSSR count). The lowest BCUT2D eigenvalue weighted by atomic mass is 9.87. The molecule has 0 radical (unpaired) electrons. The third-order valence-corrected chi connectivity index (χ3v) is 4.07. The number of rotatable bonds is 5. The van der Waals surface area contributed by atoms with Crippen LogP contribution < -0.4 is 5.32 Å². The highest BCUT2D eigenvalue weighted by Crippen LogP contribution is 2.35. The Hall–Kier alpha value is -0.220. The van der Waals surface area contributed by atoms with Gasteiger partial charge >= 0.3 is 0 Å². The topological polar surface area (TPSA) is 15.3 Å². The minimum Gasteiger partial charge on any atom is -0.315 e. The minimum absolute atomic E-state index is 0.0888. The van der Waals surface area contributed by atoms with Crippen molar-refractivity contribution in [1.82, 2.24) is 10.2 Å². The molecule has 0 aromatic rings. The summed E-state index contributed by atoms with van der Waals surface area (Å²) in [6, 6.07) is 0. The molecule has 0 bridgehead atoms. The maximum Gasteiger partial charge on any atom is 0.248 e. The molecule has 1 N–H and O–H groups in total. The van der Waals surface area contributed by atoms with E-state index in [4.69, 9.17) is 0 Å². The molecule has 0 spiro atoms. The largest absolute Gasteiger partial charge is 0.315 e. The summed E-state index contributed by atoms with van der Waals surface area (Å²) >= 11 is 0. The summed E-state index contributed by atoms with van der Waals surface area (Å²) in [5.41, 5.74) is 0. The lowest BCUT2D eigenvalue weighted by Crippen LogP contribution is -2.35. The Labute approximate surface area is 103 Å². The van der Waals surface area contributed by atoms with Crippen molar-refractivity contribution in [2.75, 3.05) is 32.7 Å². The fourth-order valence-corrected chi connectivity index (χ4v) is 2.85. The maximum absolute atomic E-state index is 12.9. The van der Waals surface area contributed by atoms with Crippen molar-refractivity contribution in [3.05, 3.63) is 0 Å². The molecule has 1 aliphatic carbocycles. The van der Waals surface area contributed by atoms with Crippen LogP contribution in [0.5, 0.6) is 0 Å². The van der Waals surface area contributed by atoms with Crippen molar-refractivity contribution in [2.45, 2.75) is 44.4 Å². The van der Waals surface area contributed by atoms with Crippen molar-refractivity contribution in [2.24, 2.45) is 5.92 Å². The predicted octanol–water partition coefficient (Wildman–Crippen LogP) is 2.50. The SMILES string of the molecule is FC1(F)CCC(CNCCN2CCCC2)CC1. The Kier molecular flexibility index (Phi) is 4.74. The second-order valence-electron chi connectivity index (χ2n) is 5.55. The molecule has 2 aliphatic rings. The second-order valence-corrected chi connectivity index (χ2v) is 5.55. The van der Waals surface area contributed by atoms with Gasteiger partial charge in [-0.25, -0.2) is 8.78 Å². The van der Waals surface area contributed by atoms with Gasteiger partial charge in [-0.15, -0.1) is 0 Å². The molecule has 1 aliphatic heterocycles. The average Bonchev–Trinajstić information content (AvgIpc) is 2.79. The van der Waals surface area contributed by atoms with Gasteiger partial charge in [-0.05, 0) is 51.2 Å². The fourth-order valence-electron chi connectivity index (χ4n) is 2.85. The highest BCUT2D eigenvalue weighted by atomic mass is 19.3. The van der Waals surface area contributed by atoms with Crippen molar-refractivity contribution in [3.8, 4) is 0 Å². The predicted molar refractivity (Wildman–Crippen MR) is 65.4 cm³/mol. The van der Waals surface area contributed by atoms with Gasteiger partial charge in [0.25, 0.3) is 0 Å². The molecule has 0 aromatic carbocycles. The van der Waals surface area contributed by atoms with E-state index in [1.807, 2.05) is 0 Å². The van der Waals surface area contributed by atoms with Crippen LogP contribution in [-0.2, 0) is 0 Å². The third kappa shape index (κ3) is 4.51. The molecule has 1 saturated carbocycles. The van der Waals surface area contributed by atoms with Crippen LogP contribution >= 0.6 is 0 Å². The molecule has 1 saturated heterocycles. The van der Waals surface area contributed by atoms with E-state index in [-0.39, 0.29) is 12.8 Å². The molecule has 0 unspecified atom stereocenters. The average molecular weight is 246 g/mol. The Morgan fingerprint density at radius 3 is 2.41 bits per heavy atom. The van der Waals surface area contributed by atoms with Gasteiger partial charge < -0.3 is 10.2 Å². The van der Waals surface area contributed by atoms with E-state index < -0.39 is 5.92 Å². The minimum atomic E-state index is -2.38. The zero-order chi connectivity index (χ0) is 12.1. The number of alkyl halides is 2. The van der Waals surface area contributed by atoms with Gasteiger partial charge in [0.15, 0.2) is 0 Å². The zero-order valence-electron chi connectivity index (χ0n) is 10.6. The number of nitrogens with zero attached hydrogens (tertiary/aromatic N) is 1. The van der Waals surface area contributed by atoms with E-state index in [0.717, 1.165) is 19.6 Å². The summed E-state index contributed by atoms with van der Waals surface area (Å²) in [6.07, 6.45) is 4.21. The molecule has 2 nitrogen and oxygen atoms in total. The van der Waals surface area contributed by atoms with Gasteiger partial charge in [0, 0.05) is 25.9 Å². The first kappa shape index (κ1) is 13.2. The first-order valence-electron chi connectivity index (χ1n) is 6.97. The number of likely N-dealkylation sites (tertiary alicyclic amines) is 1. The molecule has 4 heteroatoms. The zero-order valence-corrected chi connectivity index (χ0v) is 10.6. The lowest BCUT2D eigenvalue weighted by molar-refractivity contribution is -0.0454. The highest BCUT2D eigenvalue weighted by Gasteiger charge is 2.34. The van der Waals surface area contributed by atoms with E-state index in [2.05, 4.69) is 10.2 Å². The fraction of sp³-hybridized carbons (Fsp3) is 1.00. The van der Waals surface area contributed by atoms with Crippen LogP contribution in [0.2, 0.25) is 0 Å². The third-order valence-electron chi connectivity index (χ3n) is 4.07. The van der Waals surface area contributed by atoms with Crippen molar-refractivity contribution >= 4 is 0 Å². The highest BCUT2D eigenvalue weighted by molar-refractivity contribution is 4.78. The van der Waals surface area contributed by atoms with Gasteiger partial charge in [0.2, 0.25) is 5.92 Å². The van der Waals surface area contributed by atoms with E-state index >= 15 is 0 Å². The first-order valence-corrected chi connectivity index (χ1v) is 6.97. The van der Waals surface area contributed by atoms with Crippen molar-refractivity contribution in [3.63, 3.8) is 0 Å². The van der Waals surface area contributed by atoms with Crippen LogP contribution in [0, 0.1) is 5.92 Å². The summed E-state index contributed by atoms with van der Waals surface area (Å²) in [5.74, 6) is -1.92. The standard InChI is InChI=1S/C13H24F2N2/c14-13(15)5-3-12(4-6-13)11-16-7-10-17-8-1-2-9-17/h12,16H,1-11H2. The second kappa shape index (κ2) is 6.10. The molecule has 0 amide bonds. The molecule has 1 heterocycles. The normalized spacial score (nSPS) is 26.5. The van der Waals surface area contributed by atoms with Gasteiger partial charge in [-0.3, -0.25) is 0 Å². The maximum atomic E-state index is 12.9. The van der Waals surface area contributed by atoms with Crippen molar-refractivity contribution < 1.29 is 8.78 Å². The summed E-state index contributed by atoms with van der Waals surface area (Å²) < 4.78 is 25.9. The van der Waals surface area contributed by atoms with Crippen LogP contribution in [0.25, 0.3) is 0 Å². The molecule has 100 valence electrons. The van der Waals surface area contributed by atoms with Crippen LogP contribution in [0.3, 0.4) is 0 Å².